The highest BCUT2D eigenvalue weighted by molar-refractivity contribution is 9.10. The van der Waals surface area contributed by atoms with Gasteiger partial charge in [-0.3, -0.25) is 10.8 Å². The van der Waals surface area contributed by atoms with Crippen molar-refractivity contribution < 1.29 is 9.47 Å². The van der Waals surface area contributed by atoms with Gasteiger partial charge in [0.2, 0.25) is 0 Å². The Morgan fingerprint density at radius 2 is 1.46 bits per heavy atom. The van der Waals surface area contributed by atoms with E-state index in [4.69, 9.17) is 31.8 Å². The third-order valence-electron chi connectivity index (χ3n) is 3.22. The smallest absolute Gasteiger partial charge is 0.133 e. The Bertz CT molecular complexity index is 732. The molecule has 0 aromatic heterocycles. The fourth-order valence-electron chi connectivity index (χ4n) is 1.95. The molecule has 0 amide bonds. The summed E-state index contributed by atoms with van der Waals surface area (Å²) in [5, 5.41) is 14.7. The van der Waals surface area contributed by atoms with Crippen LogP contribution in [0.5, 0.6) is 11.5 Å². The van der Waals surface area contributed by atoms with Gasteiger partial charge >= 0.3 is 0 Å². The summed E-state index contributed by atoms with van der Waals surface area (Å²) in [6.45, 7) is 1.02. The number of nitrogens with two attached hydrogens (primary N) is 2. The molecule has 0 fully saturated rings. The van der Waals surface area contributed by atoms with Gasteiger partial charge in [-0.05, 0) is 58.4 Å². The zero-order valence-electron chi connectivity index (χ0n) is 13.0. The third kappa shape index (κ3) is 4.99. The average molecular weight is 391 g/mol. The molecule has 2 aromatic carbocycles. The summed E-state index contributed by atoms with van der Waals surface area (Å²) in [7, 11) is 0. The van der Waals surface area contributed by atoms with Crippen molar-refractivity contribution in [2.75, 3.05) is 13.2 Å². The molecule has 6 N–H and O–H groups in total. The van der Waals surface area contributed by atoms with Crippen LogP contribution in [0.1, 0.15) is 17.5 Å². The maximum absolute atomic E-state index is 7.39. The molecule has 0 atom stereocenters. The Labute approximate surface area is 148 Å². The number of nitrogen functional groups attached to an aromatic ring is 2. The fourth-order valence-corrected chi connectivity index (χ4v) is 2.44. The van der Waals surface area contributed by atoms with Crippen LogP contribution in [0.3, 0.4) is 0 Å². The first-order valence-electron chi connectivity index (χ1n) is 7.31. The number of nitrogens with one attached hydrogen (secondary N) is 2. The third-order valence-corrected chi connectivity index (χ3v) is 3.84. The lowest BCUT2D eigenvalue weighted by atomic mass is 10.2. The average Bonchev–Trinajstić information content (AvgIpc) is 2.56. The summed E-state index contributed by atoms with van der Waals surface area (Å²) < 4.78 is 12.0. The molecule has 0 unspecified atom stereocenters. The van der Waals surface area contributed by atoms with Crippen LogP contribution in [0.15, 0.2) is 46.9 Å². The van der Waals surface area contributed by atoms with Crippen molar-refractivity contribution in [3.05, 3.63) is 58.1 Å². The topological polar surface area (TPSA) is 118 Å². The van der Waals surface area contributed by atoms with Crippen LogP contribution in [0.25, 0.3) is 0 Å². The number of rotatable bonds is 8. The molecule has 2 rings (SSSR count). The van der Waals surface area contributed by atoms with E-state index in [1.54, 1.807) is 42.5 Å². The predicted molar refractivity (Wildman–Crippen MR) is 98.2 cm³/mol. The van der Waals surface area contributed by atoms with Gasteiger partial charge in [0.1, 0.15) is 23.2 Å². The molecule has 0 bridgehead atoms. The molecule has 6 nitrogen and oxygen atoms in total. The number of halogens is 1. The summed E-state index contributed by atoms with van der Waals surface area (Å²) in [6.07, 6.45) is 0.718. The van der Waals surface area contributed by atoms with Gasteiger partial charge in [-0.1, -0.05) is 0 Å². The first-order chi connectivity index (χ1) is 11.5. The SMILES string of the molecule is N=C(N)c1ccc(OCCCOc2ccc(C(=N)N)cc2Br)cc1. The van der Waals surface area contributed by atoms with Crippen LogP contribution in [0.2, 0.25) is 0 Å². The van der Waals surface area contributed by atoms with E-state index in [1.807, 2.05) is 0 Å². The summed E-state index contributed by atoms with van der Waals surface area (Å²) in [5.74, 6) is 1.49. The van der Waals surface area contributed by atoms with Crippen molar-refractivity contribution in [1.29, 1.82) is 10.8 Å². The highest BCUT2D eigenvalue weighted by Crippen LogP contribution is 2.26. The maximum Gasteiger partial charge on any atom is 0.133 e. The van der Waals surface area contributed by atoms with Gasteiger partial charge in [-0.25, -0.2) is 0 Å². The molecule has 0 aliphatic carbocycles. The first kappa shape index (κ1) is 17.8. The summed E-state index contributed by atoms with van der Waals surface area (Å²) in [5.41, 5.74) is 12.2. The van der Waals surface area contributed by atoms with Gasteiger partial charge in [0, 0.05) is 17.5 Å². The van der Waals surface area contributed by atoms with Crippen LogP contribution in [0.4, 0.5) is 0 Å². The van der Waals surface area contributed by atoms with E-state index in [-0.39, 0.29) is 11.7 Å². The van der Waals surface area contributed by atoms with Gasteiger partial charge in [-0.2, -0.15) is 0 Å². The van der Waals surface area contributed by atoms with Crippen LogP contribution in [-0.2, 0) is 0 Å². The van der Waals surface area contributed by atoms with E-state index in [9.17, 15) is 0 Å². The van der Waals surface area contributed by atoms with Crippen molar-refractivity contribution in [3.63, 3.8) is 0 Å². The van der Waals surface area contributed by atoms with Crippen molar-refractivity contribution in [2.45, 2.75) is 6.42 Å². The second-order valence-corrected chi connectivity index (χ2v) is 5.90. The lowest BCUT2D eigenvalue weighted by Gasteiger charge is -2.10. The lowest BCUT2D eigenvalue weighted by molar-refractivity contribution is 0.246. The highest BCUT2D eigenvalue weighted by atomic mass is 79.9. The Morgan fingerprint density at radius 1 is 0.875 bits per heavy atom. The van der Waals surface area contributed by atoms with Crippen molar-refractivity contribution in [1.82, 2.24) is 0 Å². The van der Waals surface area contributed by atoms with Crippen molar-refractivity contribution >= 4 is 27.6 Å². The Hall–Kier alpha value is -2.54. The zero-order valence-corrected chi connectivity index (χ0v) is 14.6. The number of amidine groups is 2. The molecule has 24 heavy (non-hydrogen) atoms. The van der Waals surface area contributed by atoms with Gasteiger partial charge in [0.15, 0.2) is 0 Å². The van der Waals surface area contributed by atoms with Crippen molar-refractivity contribution in [2.24, 2.45) is 11.5 Å². The molecule has 0 spiro atoms. The predicted octanol–water partition coefficient (Wildman–Crippen LogP) is 2.87. The van der Waals surface area contributed by atoms with E-state index >= 15 is 0 Å². The van der Waals surface area contributed by atoms with Crippen molar-refractivity contribution in [3.8, 4) is 11.5 Å². The Morgan fingerprint density at radius 3 is 2.04 bits per heavy atom. The first-order valence-corrected chi connectivity index (χ1v) is 8.10. The van der Waals surface area contributed by atoms with E-state index in [0.29, 0.717) is 30.1 Å². The lowest BCUT2D eigenvalue weighted by Crippen LogP contribution is -2.11. The van der Waals surface area contributed by atoms with Crippen LogP contribution in [-0.4, -0.2) is 24.9 Å². The molecular formula is C17H19BrN4O2. The quantitative estimate of drug-likeness (QED) is 0.314. The Kier molecular flexibility index (Phi) is 6.20. The highest BCUT2D eigenvalue weighted by Gasteiger charge is 2.04. The molecule has 0 saturated heterocycles. The molecule has 0 saturated carbocycles. The van der Waals surface area contributed by atoms with Crippen LogP contribution >= 0.6 is 15.9 Å². The standard InChI is InChI=1S/C17H19BrN4O2/c18-14-10-12(17(21)22)4-7-15(14)24-9-1-8-23-13-5-2-11(3-6-13)16(19)20/h2-7,10H,1,8-9H2,(H3,19,20)(H3,21,22). The number of ether oxygens (including phenoxy) is 2. The van der Waals surface area contributed by atoms with E-state index in [0.717, 1.165) is 16.6 Å². The van der Waals surface area contributed by atoms with Gasteiger partial charge in [0.25, 0.3) is 0 Å². The largest absolute Gasteiger partial charge is 0.493 e. The molecule has 7 heteroatoms. The minimum Gasteiger partial charge on any atom is -0.493 e. The number of hydrogen-bond donors (Lipinski definition) is 4. The van der Waals surface area contributed by atoms with Gasteiger partial charge < -0.3 is 20.9 Å². The van der Waals surface area contributed by atoms with E-state index in [1.165, 1.54) is 0 Å². The number of hydrogen-bond acceptors (Lipinski definition) is 4. The molecular weight excluding hydrogens is 372 g/mol. The summed E-state index contributed by atoms with van der Waals surface area (Å²) in [6, 6.07) is 12.4. The maximum atomic E-state index is 7.39. The second-order valence-electron chi connectivity index (χ2n) is 5.05. The second kappa shape index (κ2) is 8.35. The number of benzene rings is 2. The van der Waals surface area contributed by atoms with Gasteiger partial charge in [-0.15, -0.1) is 0 Å². The van der Waals surface area contributed by atoms with E-state index < -0.39 is 0 Å². The van der Waals surface area contributed by atoms with Crippen LogP contribution < -0.4 is 20.9 Å². The Balaban J connectivity index is 1.75. The minimum absolute atomic E-state index is 0.0199. The summed E-state index contributed by atoms with van der Waals surface area (Å²) >= 11 is 3.40. The molecule has 126 valence electrons. The molecule has 0 aliphatic heterocycles. The van der Waals surface area contributed by atoms with Crippen LogP contribution in [0, 0.1) is 10.8 Å². The van der Waals surface area contributed by atoms with E-state index in [2.05, 4.69) is 15.9 Å². The molecule has 2 aromatic rings. The minimum atomic E-state index is 0.0199. The van der Waals surface area contributed by atoms with Gasteiger partial charge in [0.05, 0.1) is 17.7 Å². The molecule has 0 radical (unpaired) electrons. The zero-order chi connectivity index (χ0) is 17.5. The molecule has 0 aliphatic rings. The molecule has 0 heterocycles. The summed E-state index contributed by atoms with van der Waals surface area (Å²) in [4.78, 5) is 0. The monoisotopic (exact) mass is 390 g/mol. The fraction of sp³-hybridized carbons (Fsp3) is 0.176. The normalized spacial score (nSPS) is 10.2.